The highest BCUT2D eigenvalue weighted by Gasteiger charge is 2.27. The summed E-state index contributed by atoms with van der Waals surface area (Å²) < 4.78 is 70.4. The average molecular weight is 360 g/mol. The first-order valence-corrected chi connectivity index (χ1v) is 6.83. The normalized spacial score (nSPS) is 10.2. The summed E-state index contributed by atoms with van der Waals surface area (Å²) in [4.78, 5) is 12.1. The molecule has 0 heterocycles. The number of nitriles is 1. The van der Waals surface area contributed by atoms with E-state index in [1.807, 2.05) is 5.40 Å². The molecule has 0 atom stereocenters. The number of nitrogens with zero attached hydrogens (tertiary/aromatic N) is 1. The van der Waals surface area contributed by atoms with Crippen LogP contribution in [0.15, 0.2) is 29.2 Å². The Morgan fingerprint density at radius 2 is 1.46 bits per heavy atom. The van der Waals surface area contributed by atoms with E-state index in [-0.39, 0.29) is 5.75 Å². The van der Waals surface area contributed by atoms with Crippen molar-refractivity contribution in [1.29, 1.82) is 5.26 Å². The van der Waals surface area contributed by atoms with Gasteiger partial charge in [0.25, 0.3) is 0 Å². The first-order chi connectivity index (χ1) is 11.3. The van der Waals surface area contributed by atoms with E-state index in [2.05, 4.69) is 4.74 Å². The molecule has 0 saturated heterocycles. The Hall–Kier alpha value is -2.80. The van der Waals surface area contributed by atoms with Crippen LogP contribution in [-0.2, 0) is 0 Å². The maximum atomic E-state index is 13.4. The average Bonchev–Trinajstić information content (AvgIpc) is 2.57. The van der Waals surface area contributed by atoms with E-state index in [0.29, 0.717) is 4.90 Å². The third-order valence-corrected chi connectivity index (χ3v) is 3.23. The summed E-state index contributed by atoms with van der Waals surface area (Å²) in [5.74, 6) is -11.2. The van der Waals surface area contributed by atoms with E-state index in [1.54, 1.807) is 0 Å². The molecule has 2 aromatic carbocycles. The number of nitrogens with one attached hydrogen (secondary N) is 1. The Balaban J connectivity index is 2.17. The number of halogens is 5. The molecule has 10 heteroatoms. The van der Waals surface area contributed by atoms with Crippen LogP contribution in [0.25, 0.3) is 0 Å². The molecule has 0 bridgehead atoms. The lowest BCUT2D eigenvalue weighted by atomic mass is 10.2. The Bertz CT molecular complexity index is 808. The lowest BCUT2D eigenvalue weighted by molar-refractivity contribution is 0.214. The van der Waals surface area contributed by atoms with Crippen molar-refractivity contribution in [2.45, 2.75) is 4.90 Å². The first-order valence-electron chi connectivity index (χ1n) is 6.01. The van der Waals surface area contributed by atoms with Crippen LogP contribution < -0.4 is 10.1 Å². The van der Waals surface area contributed by atoms with Crippen LogP contribution in [0.3, 0.4) is 0 Å². The number of carbonyl (C=O) groups is 1. The fourth-order valence-corrected chi connectivity index (χ4v) is 1.96. The van der Waals surface area contributed by atoms with Gasteiger partial charge in [-0.1, -0.05) is 0 Å². The summed E-state index contributed by atoms with van der Waals surface area (Å²) in [6, 6.07) is 5.40. The lowest BCUT2D eigenvalue weighted by Gasteiger charge is -2.10. The van der Waals surface area contributed by atoms with Gasteiger partial charge in [0.15, 0.2) is 23.3 Å². The fourth-order valence-electron chi connectivity index (χ4n) is 1.58. The standard InChI is InChI=1S/C14H5F5N2O2S/c15-8-9(16)11(18)13(12(19)10(8)17)21-14(22)23-6-1-3-7(4-2-6)24-5-20/h1-4H,(H,21,22). The van der Waals surface area contributed by atoms with E-state index in [9.17, 15) is 26.7 Å². The van der Waals surface area contributed by atoms with Crippen molar-refractivity contribution in [3.05, 3.63) is 53.4 Å². The molecule has 0 unspecified atom stereocenters. The van der Waals surface area contributed by atoms with Crippen molar-refractivity contribution in [2.75, 3.05) is 5.32 Å². The molecule has 2 aromatic rings. The van der Waals surface area contributed by atoms with E-state index >= 15 is 0 Å². The molecule has 0 aliphatic rings. The number of hydrogen-bond donors (Lipinski definition) is 1. The Kier molecular flexibility index (Phi) is 5.25. The summed E-state index contributed by atoms with van der Waals surface area (Å²) in [7, 11) is 0. The first kappa shape index (κ1) is 17.6. The van der Waals surface area contributed by atoms with Gasteiger partial charge in [-0.15, -0.1) is 0 Å². The molecule has 4 nitrogen and oxygen atoms in total. The molecule has 0 saturated carbocycles. The quantitative estimate of drug-likeness (QED) is 0.286. The van der Waals surface area contributed by atoms with Gasteiger partial charge in [0, 0.05) is 4.90 Å². The van der Waals surface area contributed by atoms with Gasteiger partial charge < -0.3 is 4.74 Å². The van der Waals surface area contributed by atoms with Crippen LogP contribution in [0, 0.1) is 39.7 Å². The molecule has 0 spiro atoms. The van der Waals surface area contributed by atoms with Gasteiger partial charge in [-0.25, -0.2) is 26.7 Å². The molecule has 0 fully saturated rings. The summed E-state index contributed by atoms with van der Waals surface area (Å²) in [5.41, 5.74) is -1.52. The molecular formula is C14H5F5N2O2S. The zero-order valence-electron chi connectivity index (χ0n) is 11.4. The number of hydrogen-bond acceptors (Lipinski definition) is 4. The van der Waals surface area contributed by atoms with Gasteiger partial charge >= 0.3 is 6.09 Å². The molecule has 0 aliphatic heterocycles. The summed E-state index contributed by atoms with van der Waals surface area (Å²) in [5, 5.41) is 11.7. The fraction of sp³-hybridized carbons (Fsp3) is 0. The lowest BCUT2D eigenvalue weighted by Crippen LogP contribution is -2.20. The predicted molar refractivity (Wildman–Crippen MR) is 73.8 cm³/mol. The van der Waals surface area contributed by atoms with Gasteiger partial charge in [-0.05, 0) is 36.0 Å². The number of carbonyl (C=O) groups excluding carboxylic acids is 1. The van der Waals surface area contributed by atoms with Crippen LogP contribution in [0.1, 0.15) is 0 Å². The summed E-state index contributed by atoms with van der Waals surface area (Å²) in [6.07, 6.45) is -1.46. The van der Waals surface area contributed by atoms with E-state index < -0.39 is 40.9 Å². The second-order valence-electron chi connectivity index (χ2n) is 4.12. The monoisotopic (exact) mass is 360 g/mol. The minimum Gasteiger partial charge on any atom is -0.410 e. The van der Waals surface area contributed by atoms with Crippen LogP contribution >= 0.6 is 11.8 Å². The zero-order chi connectivity index (χ0) is 17.9. The molecule has 124 valence electrons. The topological polar surface area (TPSA) is 62.1 Å². The summed E-state index contributed by atoms with van der Waals surface area (Å²) in [6.45, 7) is 0. The zero-order valence-corrected chi connectivity index (χ0v) is 12.2. The summed E-state index contributed by atoms with van der Waals surface area (Å²) >= 11 is 0.845. The molecule has 24 heavy (non-hydrogen) atoms. The maximum absolute atomic E-state index is 13.4. The number of thioether (sulfide) groups is 1. The number of thiocyanates is 1. The number of anilines is 1. The molecular weight excluding hydrogens is 355 g/mol. The Labute approximate surface area is 135 Å². The van der Waals surface area contributed by atoms with Gasteiger partial charge in [0.2, 0.25) is 5.82 Å². The molecule has 1 amide bonds. The molecule has 0 aromatic heterocycles. The van der Waals surface area contributed by atoms with E-state index in [1.165, 1.54) is 29.6 Å². The largest absolute Gasteiger partial charge is 0.417 e. The number of benzene rings is 2. The van der Waals surface area contributed by atoms with Crippen molar-refractivity contribution in [2.24, 2.45) is 0 Å². The third kappa shape index (κ3) is 3.57. The van der Waals surface area contributed by atoms with Crippen LogP contribution in [0.4, 0.5) is 32.4 Å². The van der Waals surface area contributed by atoms with E-state index in [4.69, 9.17) is 5.26 Å². The molecule has 2 rings (SSSR count). The van der Waals surface area contributed by atoms with Crippen LogP contribution in [-0.4, -0.2) is 6.09 Å². The van der Waals surface area contributed by atoms with Crippen LogP contribution in [0.2, 0.25) is 0 Å². The number of amides is 1. The second kappa shape index (κ2) is 7.18. The minimum absolute atomic E-state index is 0.0707. The Morgan fingerprint density at radius 3 is 1.96 bits per heavy atom. The second-order valence-corrected chi connectivity index (χ2v) is 4.98. The van der Waals surface area contributed by atoms with Crippen molar-refractivity contribution in [1.82, 2.24) is 0 Å². The van der Waals surface area contributed by atoms with Gasteiger partial charge in [-0.3, -0.25) is 5.32 Å². The van der Waals surface area contributed by atoms with Gasteiger partial charge in [0.05, 0.1) is 0 Å². The predicted octanol–water partition coefficient (Wildman–Crippen LogP) is 4.57. The highest BCUT2D eigenvalue weighted by molar-refractivity contribution is 8.03. The van der Waals surface area contributed by atoms with E-state index in [0.717, 1.165) is 11.8 Å². The van der Waals surface area contributed by atoms with Crippen molar-refractivity contribution in [3.8, 4) is 11.2 Å². The molecule has 0 aliphatic carbocycles. The minimum atomic E-state index is -2.34. The van der Waals surface area contributed by atoms with Crippen molar-refractivity contribution >= 4 is 23.5 Å². The van der Waals surface area contributed by atoms with Crippen molar-refractivity contribution in [3.63, 3.8) is 0 Å². The Morgan fingerprint density at radius 1 is 0.958 bits per heavy atom. The highest BCUT2D eigenvalue weighted by atomic mass is 32.2. The third-order valence-electron chi connectivity index (χ3n) is 2.63. The number of ether oxygens (including phenoxy) is 1. The van der Waals surface area contributed by atoms with Gasteiger partial charge in [0.1, 0.15) is 16.8 Å². The van der Waals surface area contributed by atoms with Crippen molar-refractivity contribution < 1.29 is 31.5 Å². The molecule has 1 N–H and O–H groups in total. The highest BCUT2D eigenvalue weighted by Crippen LogP contribution is 2.27. The van der Waals surface area contributed by atoms with Gasteiger partial charge in [-0.2, -0.15) is 5.26 Å². The van der Waals surface area contributed by atoms with Crippen LogP contribution in [0.5, 0.6) is 5.75 Å². The number of rotatable bonds is 3. The molecule has 0 radical (unpaired) electrons. The maximum Gasteiger partial charge on any atom is 0.417 e. The SMILES string of the molecule is N#CSc1ccc(OC(=O)Nc2c(F)c(F)c(F)c(F)c2F)cc1. The smallest absolute Gasteiger partial charge is 0.410 e.